The number of fused-ring (bicyclic) bond motifs is 2. The molecule has 0 spiro atoms. The third-order valence-corrected chi connectivity index (χ3v) is 7.09. The number of carbonyl (C=O) groups is 1. The predicted molar refractivity (Wildman–Crippen MR) is 149 cm³/mol. The Morgan fingerprint density at radius 1 is 1.02 bits per heavy atom. The maximum atomic E-state index is 12.8. The van der Waals surface area contributed by atoms with E-state index in [0.717, 1.165) is 40.9 Å². The number of anilines is 1. The van der Waals surface area contributed by atoms with Crippen LogP contribution in [0.25, 0.3) is 34.1 Å². The van der Waals surface area contributed by atoms with Gasteiger partial charge in [-0.3, -0.25) is 14.3 Å². The number of aryl methyl sites for hydroxylation is 2. The molecule has 1 aliphatic rings. The third kappa shape index (κ3) is 4.04. The van der Waals surface area contributed by atoms with Gasteiger partial charge in [-0.2, -0.15) is 5.10 Å². The summed E-state index contributed by atoms with van der Waals surface area (Å²) in [5.41, 5.74) is 12.6. The Balaban J connectivity index is 1.31. The van der Waals surface area contributed by atoms with Gasteiger partial charge in [0.1, 0.15) is 17.0 Å². The number of nitrogen functional groups attached to an aromatic ring is 1. The fourth-order valence-electron chi connectivity index (χ4n) is 5.15. The summed E-state index contributed by atoms with van der Waals surface area (Å²) in [7, 11) is 0. The largest absolute Gasteiger partial charge is 0.383 e. The van der Waals surface area contributed by atoms with Gasteiger partial charge in [0, 0.05) is 30.5 Å². The summed E-state index contributed by atoms with van der Waals surface area (Å²) in [6.07, 6.45) is 9.93. The average Bonchev–Trinajstić information content (AvgIpc) is 3.72. The van der Waals surface area contributed by atoms with Gasteiger partial charge in [0.15, 0.2) is 17.3 Å². The van der Waals surface area contributed by atoms with E-state index in [2.05, 4.69) is 37.5 Å². The fourth-order valence-corrected chi connectivity index (χ4v) is 5.15. The van der Waals surface area contributed by atoms with Crippen LogP contribution in [0.2, 0.25) is 0 Å². The number of nitrogens with one attached hydrogen (secondary N) is 1. The van der Waals surface area contributed by atoms with Crippen LogP contribution in [0.3, 0.4) is 0 Å². The van der Waals surface area contributed by atoms with Gasteiger partial charge in [-0.15, -0.1) is 0 Å². The zero-order valence-electron chi connectivity index (χ0n) is 21.6. The minimum Gasteiger partial charge on any atom is -0.383 e. The summed E-state index contributed by atoms with van der Waals surface area (Å²) >= 11 is 0. The molecule has 3 N–H and O–H groups in total. The Morgan fingerprint density at radius 3 is 2.75 bits per heavy atom. The van der Waals surface area contributed by atoms with Crippen molar-refractivity contribution in [3.8, 4) is 22.9 Å². The Labute approximate surface area is 228 Å². The zero-order valence-corrected chi connectivity index (χ0v) is 21.6. The van der Waals surface area contributed by atoms with Gasteiger partial charge in [0.05, 0.1) is 23.5 Å². The third-order valence-electron chi connectivity index (χ3n) is 7.09. The van der Waals surface area contributed by atoms with E-state index in [1.54, 1.807) is 23.3 Å². The highest BCUT2D eigenvalue weighted by Crippen LogP contribution is 2.36. The number of hydrogen-bond donors (Lipinski definition) is 2. The summed E-state index contributed by atoms with van der Waals surface area (Å²) < 4.78 is 3.72. The summed E-state index contributed by atoms with van der Waals surface area (Å²) in [6, 6.07) is 15.5. The van der Waals surface area contributed by atoms with E-state index in [1.165, 1.54) is 6.20 Å². The Hall–Kier alpha value is -5.45. The molecule has 11 heteroatoms. The highest BCUT2D eigenvalue weighted by molar-refractivity contribution is 5.92. The molecule has 0 saturated heterocycles. The molecule has 0 saturated carbocycles. The van der Waals surface area contributed by atoms with E-state index in [4.69, 9.17) is 15.7 Å². The first-order valence-electron chi connectivity index (χ1n) is 12.9. The summed E-state index contributed by atoms with van der Waals surface area (Å²) in [4.78, 5) is 35.3. The lowest BCUT2D eigenvalue weighted by Gasteiger charge is -2.15. The van der Waals surface area contributed by atoms with E-state index in [0.29, 0.717) is 34.4 Å². The number of nitrogens with zero attached hydrogens (tertiary/aromatic N) is 8. The molecule has 196 valence electrons. The van der Waals surface area contributed by atoms with E-state index in [1.807, 2.05) is 54.1 Å². The molecule has 40 heavy (non-hydrogen) atoms. The second-order valence-electron chi connectivity index (χ2n) is 9.66. The fraction of sp³-hybridized carbons (Fsp3) is 0.138. The molecule has 5 aromatic heterocycles. The average molecular weight is 529 g/mol. The summed E-state index contributed by atoms with van der Waals surface area (Å²) in [5.74, 6) is 1.47. The lowest BCUT2D eigenvalue weighted by Crippen LogP contribution is -2.28. The molecule has 1 atom stereocenters. The number of carbonyl (C=O) groups excluding carboxylic acids is 1. The maximum Gasteiger partial charge on any atom is 0.271 e. The van der Waals surface area contributed by atoms with Crippen molar-refractivity contribution in [1.82, 2.24) is 44.6 Å². The van der Waals surface area contributed by atoms with Crippen LogP contribution < -0.4 is 11.1 Å². The molecule has 11 nitrogen and oxygen atoms in total. The summed E-state index contributed by atoms with van der Waals surface area (Å²) in [5, 5.41) is 7.45. The normalized spacial score (nSPS) is 14.4. The molecular formula is C29H24N10O. The number of amides is 1. The van der Waals surface area contributed by atoms with Crippen LogP contribution in [0.1, 0.15) is 39.8 Å². The quantitative estimate of drug-likeness (QED) is 0.344. The Kier molecular flexibility index (Phi) is 5.55. The molecule has 0 bridgehead atoms. The number of imidazole rings is 1. The zero-order chi connectivity index (χ0) is 27.2. The van der Waals surface area contributed by atoms with Crippen LogP contribution in [0.5, 0.6) is 0 Å². The number of pyridine rings is 2. The van der Waals surface area contributed by atoms with Crippen molar-refractivity contribution in [3.63, 3.8) is 0 Å². The van der Waals surface area contributed by atoms with Crippen molar-refractivity contribution in [1.29, 1.82) is 0 Å². The molecule has 0 fully saturated rings. The lowest BCUT2D eigenvalue weighted by atomic mass is 10.1. The van der Waals surface area contributed by atoms with Crippen LogP contribution in [0.15, 0.2) is 79.5 Å². The smallest absolute Gasteiger partial charge is 0.271 e. The predicted octanol–water partition coefficient (Wildman–Crippen LogP) is 3.77. The molecule has 0 radical (unpaired) electrons. The second kappa shape index (κ2) is 9.38. The molecule has 6 aromatic rings. The molecular weight excluding hydrogens is 504 g/mol. The molecule has 0 unspecified atom stereocenters. The number of aromatic nitrogens is 8. The molecule has 1 amide bonds. The topological polar surface area (TPSA) is 142 Å². The molecule has 1 aliphatic carbocycles. The van der Waals surface area contributed by atoms with E-state index < -0.39 is 0 Å². The van der Waals surface area contributed by atoms with Gasteiger partial charge in [-0.25, -0.2) is 24.6 Å². The van der Waals surface area contributed by atoms with Gasteiger partial charge < -0.3 is 11.1 Å². The SMILES string of the molecule is Cc1cnc(C(=O)N[C@H]2CCc3cc(-n4c(-c5cccnc5N)nc5ccc(-n6cccn6)nc54)ccc32)cn1. The monoisotopic (exact) mass is 528 g/mol. The first-order chi connectivity index (χ1) is 19.5. The van der Waals surface area contributed by atoms with Gasteiger partial charge in [0.25, 0.3) is 5.91 Å². The summed E-state index contributed by atoms with van der Waals surface area (Å²) in [6.45, 7) is 1.84. The van der Waals surface area contributed by atoms with E-state index >= 15 is 0 Å². The Morgan fingerprint density at radius 2 is 1.95 bits per heavy atom. The van der Waals surface area contributed by atoms with Crippen molar-refractivity contribution in [2.75, 3.05) is 5.73 Å². The van der Waals surface area contributed by atoms with E-state index in [-0.39, 0.29) is 11.9 Å². The first-order valence-corrected chi connectivity index (χ1v) is 12.9. The number of nitrogens with two attached hydrogens (primary N) is 1. The van der Waals surface area contributed by atoms with Crippen molar-refractivity contribution in [2.45, 2.75) is 25.8 Å². The number of hydrogen-bond acceptors (Lipinski definition) is 8. The molecule has 0 aliphatic heterocycles. The number of rotatable bonds is 5. The van der Waals surface area contributed by atoms with Gasteiger partial charge >= 0.3 is 0 Å². The van der Waals surface area contributed by atoms with Crippen LogP contribution >= 0.6 is 0 Å². The Bertz CT molecular complexity index is 1880. The van der Waals surface area contributed by atoms with E-state index in [9.17, 15) is 4.79 Å². The first kappa shape index (κ1) is 23.7. The highest BCUT2D eigenvalue weighted by Gasteiger charge is 2.26. The van der Waals surface area contributed by atoms with Crippen LogP contribution in [0, 0.1) is 6.92 Å². The molecule has 5 heterocycles. The number of benzene rings is 1. The standard InChI is InChI=1S/C29H24N10O/c1-17-15-33-24(16-32-17)29(40)36-22-8-5-18-14-19(6-7-20(18)22)39-27(21-4-2-11-31-26(21)30)35-23-9-10-25(37-28(23)39)38-13-3-12-34-38/h2-4,6-7,9-16,22H,5,8H2,1H3,(H2,30,31)(H,36,40)/t22-/m0/s1. The molecule has 1 aromatic carbocycles. The van der Waals surface area contributed by atoms with Crippen LogP contribution in [-0.4, -0.2) is 45.2 Å². The van der Waals surface area contributed by atoms with Crippen LogP contribution in [0.4, 0.5) is 5.82 Å². The van der Waals surface area contributed by atoms with Gasteiger partial charge in [-0.05, 0) is 73.4 Å². The highest BCUT2D eigenvalue weighted by atomic mass is 16.1. The second-order valence-corrected chi connectivity index (χ2v) is 9.66. The minimum atomic E-state index is -0.236. The van der Waals surface area contributed by atoms with Crippen LogP contribution in [-0.2, 0) is 6.42 Å². The maximum absolute atomic E-state index is 12.8. The van der Waals surface area contributed by atoms with Crippen molar-refractivity contribution < 1.29 is 4.79 Å². The lowest BCUT2D eigenvalue weighted by molar-refractivity contribution is 0.0931. The van der Waals surface area contributed by atoms with Crippen molar-refractivity contribution in [3.05, 3.63) is 102 Å². The van der Waals surface area contributed by atoms with Crippen molar-refractivity contribution in [2.24, 2.45) is 0 Å². The molecule has 7 rings (SSSR count). The van der Waals surface area contributed by atoms with Gasteiger partial charge in [0.2, 0.25) is 0 Å². The minimum absolute atomic E-state index is 0.114. The van der Waals surface area contributed by atoms with Gasteiger partial charge in [-0.1, -0.05) is 6.07 Å². The van der Waals surface area contributed by atoms with Crippen molar-refractivity contribution >= 4 is 22.9 Å².